The molecule has 1 fully saturated rings. The van der Waals surface area contributed by atoms with Gasteiger partial charge in [-0.05, 0) is 83.4 Å². The first-order valence-corrected chi connectivity index (χ1v) is 25.7. The number of anilines is 1. The predicted octanol–water partition coefficient (Wildman–Crippen LogP) is 7.13. The molecule has 67 heavy (non-hydrogen) atoms. The molecule has 340 valence electrons. The average molecular weight is 913 g/mol. The van der Waals surface area contributed by atoms with Crippen LogP contribution in [0, 0.1) is 5.92 Å². The first kappa shape index (κ1) is 43.6. The Morgan fingerprint density at radius 2 is 1.37 bits per heavy atom. The Morgan fingerprint density at radius 1 is 0.761 bits per heavy atom. The second kappa shape index (κ2) is 17.2. The number of aromatic amines is 2. The van der Waals surface area contributed by atoms with Crippen LogP contribution in [0.25, 0.3) is 33.2 Å². The number of H-pyrrole nitrogens is 2. The van der Waals surface area contributed by atoms with Gasteiger partial charge < -0.3 is 24.4 Å². The van der Waals surface area contributed by atoms with Gasteiger partial charge in [0.25, 0.3) is 17.0 Å². The Hall–Kier alpha value is -7.26. The maximum Gasteiger partial charge on any atom is 0.279 e. The fourth-order valence-electron chi connectivity index (χ4n) is 10.8. The standard InChI is InChI=1S/C53H52N6O7Si/c1-34-49(67(3,4)40-24-22-39(65-2)23-25-40)47(31-48(61)56(27-28-60)32-35-13-6-5-7-14-35)66-53(34)43-30-38(59-51(63)42-18-9-11-20-45(42)55-59)21-26-46(43)57(52(53)64)33-36-15-12-16-37(29-36)58-50(62)41-17-8-10-19-44(41)54-58/h5-26,29-30,34,47,49,54-55,60H,27-28,31-33H2,1-4H3/t34-,47+,49-,53+/m1/s1. The molecule has 13 nitrogen and oxygen atoms in total. The van der Waals surface area contributed by atoms with Crippen molar-refractivity contribution >= 4 is 52.6 Å². The summed E-state index contributed by atoms with van der Waals surface area (Å²) in [5.74, 6) is -0.208. The van der Waals surface area contributed by atoms with Crippen molar-refractivity contribution in [1.29, 1.82) is 0 Å². The van der Waals surface area contributed by atoms with Gasteiger partial charge >= 0.3 is 0 Å². The van der Waals surface area contributed by atoms with Crippen molar-refractivity contribution in [3.05, 3.63) is 183 Å². The number of hydrogen-bond acceptors (Lipinski definition) is 7. The number of methoxy groups -OCH3 is 1. The van der Waals surface area contributed by atoms with E-state index in [1.807, 2.05) is 121 Å². The van der Waals surface area contributed by atoms with Crippen LogP contribution >= 0.6 is 0 Å². The van der Waals surface area contributed by atoms with Crippen molar-refractivity contribution in [1.82, 2.24) is 24.5 Å². The molecule has 10 rings (SSSR count). The molecular formula is C53H52N6O7Si. The van der Waals surface area contributed by atoms with E-state index < -0.39 is 25.7 Å². The number of aromatic nitrogens is 4. The summed E-state index contributed by atoms with van der Waals surface area (Å²) in [5.41, 5.74) is 3.22. The van der Waals surface area contributed by atoms with Crippen molar-refractivity contribution in [2.45, 2.75) is 56.8 Å². The molecule has 0 aliphatic carbocycles. The first-order chi connectivity index (χ1) is 32.4. The molecule has 0 bridgehead atoms. The number of aliphatic hydroxyl groups is 1. The minimum Gasteiger partial charge on any atom is -0.497 e. The molecule has 3 N–H and O–H groups in total. The van der Waals surface area contributed by atoms with Crippen LogP contribution in [0.4, 0.5) is 5.69 Å². The molecular weight excluding hydrogens is 861 g/mol. The average Bonchev–Trinajstić information content (AvgIpc) is 4.04. The Bertz CT molecular complexity index is 3280. The number of ether oxygens (including phenoxy) is 2. The monoisotopic (exact) mass is 912 g/mol. The highest BCUT2D eigenvalue weighted by molar-refractivity contribution is 6.91. The lowest BCUT2D eigenvalue weighted by atomic mass is 9.82. The molecule has 4 heterocycles. The van der Waals surface area contributed by atoms with Crippen molar-refractivity contribution in [3.63, 3.8) is 0 Å². The van der Waals surface area contributed by atoms with Gasteiger partial charge in [0.2, 0.25) is 5.91 Å². The molecule has 6 aromatic carbocycles. The molecule has 14 heteroatoms. The topological polar surface area (TPSA) is 155 Å². The molecule has 2 aliphatic heterocycles. The molecule has 4 atom stereocenters. The SMILES string of the molecule is COc1ccc([Si](C)(C)[C@H]2[C@H](CC(=O)N(CCO)Cc3ccccc3)O[C@@]3(C(=O)N(Cc4cccc(-n5[nH]c6ccccc6c5=O)c4)c4ccc(-n5[nH]c6ccccc6c5=O)cc43)[C@@H]2C)cc1. The zero-order valence-electron chi connectivity index (χ0n) is 37.8. The number of nitrogens with one attached hydrogen (secondary N) is 2. The summed E-state index contributed by atoms with van der Waals surface area (Å²) in [6.45, 7) is 6.97. The Labute approximate surface area is 387 Å². The van der Waals surface area contributed by atoms with Crippen LogP contribution in [0.15, 0.2) is 155 Å². The minimum absolute atomic E-state index is 0.0265. The number of hydrogen-bond donors (Lipinski definition) is 3. The molecule has 0 unspecified atom stereocenters. The summed E-state index contributed by atoms with van der Waals surface area (Å²) in [6.07, 6.45) is -0.738. The zero-order chi connectivity index (χ0) is 46.6. The largest absolute Gasteiger partial charge is 0.497 e. The van der Waals surface area contributed by atoms with E-state index in [1.54, 1.807) is 29.0 Å². The Morgan fingerprint density at radius 3 is 2.00 bits per heavy atom. The van der Waals surface area contributed by atoms with Crippen molar-refractivity contribution in [2.75, 3.05) is 25.2 Å². The highest BCUT2D eigenvalue weighted by atomic mass is 28.3. The number of para-hydroxylation sites is 2. The molecule has 2 aromatic heterocycles. The fourth-order valence-corrected chi connectivity index (χ4v) is 14.8. The van der Waals surface area contributed by atoms with E-state index in [1.165, 1.54) is 9.36 Å². The Balaban J connectivity index is 1.10. The van der Waals surface area contributed by atoms with E-state index in [2.05, 4.69) is 42.3 Å². The second-order valence-electron chi connectivity index (χ2n) is 18.2. The van der Waals surface area contributed by atoms with E-state index in [-0.39, 0.29) is 54.6 Å². The van der Waals surface area contributed by atoms with E-state index in [9.17, 15) is 19.5 Å². The quantitative estimate of drug-likeness (QED) is 0.104. The minimum atomic E-state index is -2.69. The number of fused-ring (bicyclic) bond motifs is 4. The smallest absolute Gasteiger partial charge is 0.279 e. The maximum absolute atomic E-state index is 15.9. The lowest BCUT2D eigenvalue weighted by Gasteiger charge is -2.37. The van der Waals surface area contributed by atoms with Crippen LogP contribution in [-0.2, 0) is 33.0 Å². The van der Waals surface area contributed by atoms with Gasteiger partial charge in [-0.3, -0.25) is 29.4 Å². The van der Waals surface area contributed by atoms with Gasteiger partial charge in [0.1, 0.15) is 5.75 Å². The van der Waals surface area contributed by atoms with Gasteiger partial charge in [0.05, 0.1) is 79.7 Å². The number of carbonyl (C=O) groups excluding carboxylic acids is 2. The molecule has 8 aromatic rings. The molecule has 2 amide bonds. The number of benzene rings is 6. The van der Waals surface area contributed by atoms with Crippen LogP contribution in [0.5, 0.6) is 5.75 Å². The predicted molar refractivity (Wildman–Crippen MR) is 262 cm³/mol. The number of rotatable bonds is 13. The number of nitrogens with zero attached hydrogens (tertiary/aromatic N) is 4. The van der Waals surface area contributed by atoms with Crippen LogP contribution in [-0.4, -0.2) is 75.8 Å². The maximum atomic E-state index is 15.9. The van der Waals surface area contributed by atoms with Crippen molar-refractivity contribution in [2.24, 2.45) is 5.92 Å². The van der Waals surface area contributed by atoms with E-state index in [0.29, 0.717) is 51.0 Å². The summed E-state index contributed by atoms with van der Waals surface area (Å²) in [4.78, 5) is 61.5. The highest BCUT2D eigenvalue weighted by Crippen LogP contribution is 2.60. The molecule has 1 spiro atoms. The number of amides is 2. The fraction of sp³-hybridized carbons (Fsp3) is 0.245. The lowest BCUT2D eigenvalue weighted by Crippen LogP contribution is -2.52. The molecule has 1 saturated heterocycles. The third-order valence-corrected chi connectivity index (χ3v) is 18.4. The first-order valence-electron chi connectivity index (χ1n) is 22.6. The summed E-state index contributed by atoms with van der Waals surface area (Å²) >= 11 is 0. The summed E-state index contributed by atoms with van der Waals surface area (Å²) in [5, 5.41) is 18.9. The van der Waals surface area contributed by atoms with Crippen LogP contribution in [0.2, 0.25) is 18.6 Å². The highest BCUT2D eigenvalue weighted by Gasteiger charge is 2.66. The normalized spacial score (nSPS) is 19.1. The zero-order valence-corrected chi connectivity index (χ0v) is 38.8. The van der Waals surface area contributed by atoms with Crippen LogP contribution in [0.1, 0.15) is 30.0 Å². The van der Waals surface area contributed by atoms with E-state index >= 15 is 4.79 Å². The lowest BCUT2D eigenvalue weighted by molar-refractivity contribution is -0.150. The molecule has 0 saturated carbocycles. The van der Waals surface area contributed by atoms with Gasteiger partial charge in [-0.25, -0.2) is 9.36 Å². The van der Waals surface area contributed by atoms with Crippen molar-refractivity contribution in [3.8, 4) is 17.1 Å². The van der Waals surface area contributed by atoms with Gasteiger partial charge in [-0.2, -0.15) is 0 Å². The van der Waals surface area contributed by atoms with E-state index in [4.69, 9.17) is 9.47 Å². The summed E-state index contributed by atoms with van der Waals surface area (Å²) < 4.78 is 16.0. The third kappa shape index (κ3) is 7.41. The summed E-state index contributed by atoms with van der Waals surface area (Å²) in [6, 6.07) is 45.6. The second-order valence-corrected chi connectivity index (χ2v) is 22.9. The number of aliphatic hydroxyl groups excluding tert-OH is 1. The van der Waals surface area contributed by atoms with Crippen LogP contribution < -0.4 is 25.9 Å². The Kier molecular flexibility index (Phi) is 11.2. The van der Waals surface area contributed by atoms with Gasteiger partial charge in [-0.15, -0.1) is 0 Å². The van der Waals surface area contributed by atoms with Gasteiger partial charge in [0.15, 0.2) is 5.60 Å². The summed E-state index contributed by atoms with van der Waals surface area (Å²) in [7, 11) is -1.05. The van der Waals surface area contributed by atoms with Gasteiger partial charge in [-0.1, -0.05) is 104 Å². The number of carbonyl (C=O) groups is 2. The van der Waals surface area contributed by atoms with Crippen LogP contribution in [0.3, 0.4) is 0 Å². The van der Waals surface area contributed by atoms with Gasteiger partial charge in [0, 0.05) is 24.6 Å². The molecule has 0 radical (unpaired) electrons. The molecule has 2 aliphatic rings. The third-order valence-electron chi connectivity index (χ3n) is 14.1. The van der Waals surface area contributed by atoms with E-state index in [0.717, 1.165) is 22.1 Å². The van der Waals surface area contributed by atoms with Crippen molar-refractivity contribution < 1.29 is 24.2 Å².